The lowest BCUT2D eigenvalue weighted by Gasteiger charge is -2.14. The average Bonchev–Trinajstić information content (AvgIpc) is 2.42. The van der Waals surface area contributed by atoms with Crippen LogP contribution < -0.4 is 10.6 Å². The summed E-state index contributed by atoms with van der Waals surface area (Å²) in [5.74, 6) is 2.76. The normalized spacial score (nSPS) is 10.5. The standard InChI is InChI=1S/C14H26N4O/c1-5-12-17-13(15-6-2)11(3)14(18-12)16-9-7-8-10-19-4/h5-10H2,1-4H3,(H2,15,16,17,18). The summed E-state index contributed by atoms with van der Waals surface area (Å²) in [6.45, 7) is 8.79. The van der Waals surface area contributed by atoms with Crippen molar-refractivity contribution in [2.24, 2.45) is 0 Å². The molecule has 1 aromatic rings. The van der Waals surface area contributed by atoms with E-state index in [2.05, 4.69) is 41.4 Å². The number of nitrogens with zero attached hydrogens (tertiary/aromatic N) is 2. The first-order chi connectivity index (χ1) is 9.22. The number of aromatic nitrogens is 2. The van der Waals surface area contributed by atoms with E-state index in [1.54, 1.807) is 7.11 Å². The van der Waals surface area contributed by atoms with Crippen LogP contribution in [0.1, 0.15) is 38.1 Å². The van der Waals surface area contributed by atoms with Crippen LogP contribution in [0.5, 0.6) is 0 Å². The molecule has 0 aliphatic heterocycles. The molecule has 0 spiro atoms. The predicted octanol–water partition coefficient (Wildman–Crippen LogP) is 2.62. The molecule has 0 fully saturated rings. The van der Waals surface area contributed by atoms with Crippen molar-refractivity contribution in [2.45, 2.75) is 40.0 Å². The molecule has 0 aromatic carbocycles. The Bertz CT molecular complexity index is 382. The van der Waals surface area contributed by atoms with Gasteiger partial charge in [-0.25, -0.2) is 9.97 Å². The summed E-state index contributed by atoms with van der Waals surface area (Å²) in [7, 11) is 1.73. The van der Waals surface area contributed by atoms with Crippen molar-refractivity contribution < 1.29 is 4.74 Å². The number of rotatable bonds is 9. The molecular weight excluding hydrogens is 240 g/mol. The fourth-order valence-electron chi connectivity index (χ4n) is 1.81. The number of unbranched alkanes of at least 4 members (excludes halogenated alkanes) is 1. The van der Waals surface area contributed by atoms with Gasteiger partial charge in [0.1, 0.15) is 17.5 Å². The highest BCUT2D eigenvalue weighted by atomic mass is 16.5. The molecule has 0 aliphatic rings. The van der Waals surface area contributed by atoms with Gasteiger partial charge in [-0.2, -0.15) is 0 Å². The van der Waals surface area contributed by atoms with Gasteiger partial charge in [-0.1, -0.05) is 6.92 Å². The molecule has 0 amide bonds. The number of nitrogens with one attached hydrogen (secondary N) is 2. The monoisotopic (exact) mass is 266 g/mol. The second-order valence-corrected chi connectivity index (χ2v) is 4.47. The zero-order valence-electron chi connectivity index (χ0n) is 12.5. The van der Waals surface area contributed by atoms with Crippen molar-refractivity contribution >= 4 is 11.6 Å². The summed E-state index contributed by atoms with van der Waals surface area (Å²) < 4.78 is 5.04. The number of hydrogen-bond acceptors (Lipinski definition) is 5. The Hall–Kier alpha value is -1.36. The molecule has 1 rings (SSSR count). The molecule has 0 bridgehead atoms. The zero-order valence-corrected chi connectivity index (χ0v) is 12.5. The Morgan fingerprint density at radius 1 is 1.05 bits per heavy atom. The van der Waals surface area contributed by atoms with Crippen LogP contribution in [-0.4, -0.2) is 36.8 Å². The van der Waals surface area contributed by atoms with E-state index in [9.17, 15) is 0 Å². The molecule has 5 heteroatoms. The summed E-state index contributed by atoms with van der Waals surface area (Å²) in [5.41, 5.74) is 1.09. The van der Waals surface area contributed by atoms with Gasteiger partial charge in [-0.15, -0.1) is 0 Å². The molecule has 0 atom stereocenters. The van der Waals surface area contributed by atoms with Gasteiger partial charge in [0.15, 0.2) is 0 Å². The predicted molar refractivity (Wildman–Crippen MR) is 79.9 cm³/mol. The van der Waals surface area contributed by atoms with Crippen molar-refractivity contribution in [2.75, 3.05) is 37.4 Å². The highest BCUT2D eigenvalue weighted by Gasteiger charge is 2.09. The van der Waals surface area contributed by atoms with Gasteiger partial charge >= 0.3 is 0 Å². The Kier molecular flexibility index (Phi) is 7.18. The van der Waals surface area contributed by atoms with Crippen LogP contribution in [0.2, 0.25) is 0 Å². The van der Waals surface area contributed by atoms with E-state index in [-0.39, 0.29) is 0 Å². The number of anilines is 2. The fourth-order valence-corrected chi connectivity index (χ4v) is 1.81. The van der Waals surface area contributed by atoms with E-state index in [0.29, 0.717) is 0 Å². The van der Waals surface area contributed by atoms with Gasteiger partial charge in [0.05, 0.1) is 0 Å². The minimum atomic E-state index is 0.813. The molecular formula is C14H26N4O. The van der Waals surface area contributed by atoms with Gasteiger partial charge in [0, 0.05) is 38.8 Å². The summed E-state index contributed by atoms with van der Waals surface area (Å²) in [5, 5.41) is 6.69. The molecule has 19 heavy (non-hydrogen) atoms. The second kappa shape index (κ2) is 8.69. The SMILES string of the molecule is CCNc1nc(CC)nc(NCCCCOC)c1C. The van der Waals surface area contributed by atoms with Crippen molar-refractivity contribution in [3.05, 3.63) is 11.4 Å². The van der Waals surface area contributed by atoms with Crippen LogP contribution in [0, 0.1) is 6.92 Å². The summed E-state index contributed by atoms with van der Waals surface area (Å²) in [6.07, 6.45) is 2.99. The molecule has 108 valence electrons. The molecule has 1 aromatic heterocycles. The van der Waals surface area contributed by atoms with Crippen LogP contribution in [0.3, 0.4) is 0 Å². The molecule has 2 N–H and O–H groups in total. The molecule has 1 heterocycles. The maximum absolute atomic E-state index is 5.04. The molecule has 0 saturated heterocycles. The van der Waals surface area contributed by atoms with Crippen LogP contribution in [0.15, 0.2) is 0 Å². The van der Waals surface area contributed by atoms with Gasteiger partial charge in [0.25, 0.3) is 0 Å². The van der Waals surface area contributed by atoms with E-state index in [1.807, 2.05) is 0 Å². The average molecular weight is 266 g/mol. The number of aryl methyl sites for hydroxylation is 1. The van der Waals surface area contributed by atoms with E-state index in [0.717, 1.165) is 62.0 Å². The summed E-state index contributed by atoms with van der Waals surface area (Å²) in [6, 6.07) is 0. The first-order valence-electron chi connectivity index (χ1n) is 7.07. The first-order valence-corrected chi connectivity index (χ1v) is 7.07. The van der Waals surface area contributed by atoms with E-state index in [1.165, 1.54) is 0 Å². The minimum absolute atomic E-state index is 0.813. The highest BCUT2D eigenvalue weighted by Crippen LogP contribution is 2.20. The van der Waals surface area contributed by atoms with E-state index in [4.69, 9.17) is 4.74 Å². The first kappa shape index (κ1) is 15.7. The maximum Gasteiger partial charge on any atom is 0.134 e. The van der Waals surface area contributed by atoms with Crippen molar-refractivity contribution in [1.82, 2.24) is 9.97 Å². The smallest absolute Gasteiger partial charge is 0.134 e. The van der Waals surface area contributed by atoms with Gasteiger partial charge in [-0.05, 0) is 26.7 Å². The minimum Gasteiger partial charge on any atom is -0.385 e. The summed E-state index contributed by atoms with van der Waals surface area (Å²) >= 11 is 0. The zero-order chi connectivity index (χ0) is 14.1. The third kappa shape index (κ3) is 5.03. The molecule has 5 nitrogen and oxygen atoms in total. The maximum atomic E-state index is 5.04. The highest BCUT2D eigenvalue weighted by molar-refractivity contribution is 5.57. The third-order valence-electron chi connectivity index (χ3n) is 2.92. The molecule has 0 unspecified atom stereocenters. The van der Waals surface area contributed by atoms with E-state index >= 15 is 0 Å². The Balaban J connectivity index is 2.67. The lowest BCUT2D eigenvalue weighted by molar-refractivity contribution is 0.194. The van der Waals surface area contributed by atoms with Crippen molar-refractivity contribution in [1.29, 1.82) is 0 Å². The Morgan fingerprint density at radius 2 is 1.74 bits per heavy atom. The second-order valence-electron chi connectivity index (χ2n) is 4.47. The van der Waals surface area contributed by atoms with Crippen molar-refractivity contribution in [3.8, 4) is 0 Å². The lowest BCUT2D eigenvalue weighted by Crippen LogP contribution is -2.12. The van der Waals surface area contributed by atoms with Gasteiger partial charge in [0.2, 0.25) is 0 Å². The molecule has 0 aliphatic carbocycles. The Morgan fingerprint density at radius 3 is 2.32 bits per heavy atom. The molecule has 0 saturated carbocycles. The topological polar surface area (TPSA) is 59.1 Å². The lowest BCUT2D eigenvalue weighted by atomic mass is 10.2. The third-order valence-corrected chi connectivity index (χ3v) is 2.92. The Labute approximate surface area is 116 Å². The number of methoxy groups -OCH3 is 1. The van der Waals surface area contributed by atoms with Crippen molar-refractivity contribution in [3.63, 3.8) is 0 Å². The number of hydrogen-bond donors (Lipinski definition) is 2. The number of ether oxygens (including phenoxy) is 1. The molecule has 0 radical (unpaired) electrons. The largest absolute Gasteiger partial charge is 0.385 e. The van der Waals surface area contributed by atoms with Gasteiger partial charge < -0.3 is 15.4 Å². The van der Waals surface area contributed by atoms with Gasteiger partial charge in [-0.3, -0.25) is 0 Å². The summed E-state index contributed by atoms with van der Waals surface area (Å²) in [4.78, 5) is 9.07. The fraction of sp³-hybridized carbons (Fsp3) is 0.714. The van der Waals surface area contributed by atoms with Crippen LogP contribution >= 0.6 is 0 Å². The van der Waals surface area contributed by atoms with Crippen LogP contribution in [0.25, 0.3) is 0 Å². The van der Waals surface area contributed by atoms with Crippen LogP contribution in [-0.2, 0) is 11.2 Å². The van der Waals surface area contributed by atoms with Crippen LogP contribution in [0.4, 0.5) is 11.6 Å². The quantitative estimate of drug-likeness (QED) is 0.673. The van der Waals surface area contributed by atoms with E-state index < -0.39 is 0 Å².